The first-order valence-corrected chi connectivity index (χ1v) is 13.4. The van der Waals surface area contributed by atoms with Crippen LogP contribution in [-0.2, 0) is 26.8 Å². The zero-order chi connectivity index (χ0) is 24.5. The fourth-order valence-electron chi connectivity index (χ4n) is 3.81. The number of halogens is 2. The maximum atomic E-state index is 14.5. The van der Waals surface area contributed by atoms with E-state index in [1.165, 1.54) is 48.7 Å². The molecule has 34 heavy (non-hydrogen) atoms. The highest BCUT2D eigenvalue weighted by Gasteiger charge is 2.31. The van der Waals surface area contributed by atoms with Crippen molar-refractivity contribution in [3.05, 3.63) is 72.2 Å². The van der Waals surface area contributed by atoms with E-state index in [4.69, 9.17) is 0 Å². The molecule has 1 atom stereocenters. The molecular formula is C22H24F2N4O4S2. The van der Waals surface area contributed by atoms with Crippen LogP contribution in [0.3, 0.4) is 0 Å². The van der Waals surface area contributed by atoms with Crippen molar-refractivity contribution in [2.45, 2.75) is 24.0 Å². The fourth-order valence-corrected chi connectivity index (χ4v) is 6.51. The van der Waals surface area contributed by atoms with E-state index in [-0.39, 0.29) is 41.4 Å². The summed E-state index contributed by atoms with van der Waals surface area (Å²) in [4.78, 5) is -0.193. The van der Waals surface area contributed by atoms with E-state index >= 15 is 0 Å². The van der Waals surface area contributed by atoms with Gasteiger partial charge < -0.3 is 5.32 Å². The van der Waals surface area contributed by atoms with Crippen molar-refractivity contribution in [3.63, 3.8) is 0 Å². The lowest BCUT2D eigenvalue weighted by atomic mass is 10.1. The Kier molecular flexibility index (Phi) is 6.76. The first-order valence-electron chi connectivity index (χ1n) is 10.5. The third kappa shape index (κ3) is 4.85. The van der Waals surface area contributed by atoms with Crippen LogP contribution in [0.2, 0.25) is 0 Å². The molecule has 8 nitrogen and oxygen atoms in total. The Bertz CT molecular complexity index is 1410. The lowest BCUT2D eigenvalue weighted by molar-refractivity contribution is 0.343. The van der Waals surface area contributed by atoms with Gasteiger partial charge in [0.25, 0.3) is 10.0 Å². The Hall–Kier alpha value is -2.80. The highest BCUT2D eigenvalue weighted by Crippen LogP contribution is 2.30. The number of rotatable bonds is 8. The second-order valence-corrected chi connectivity index (χ2v) is 11.4. The molecule has 182 valence electrons. The van der Waals surface area contributed by atoms with Gasteiger partial charge in [0.2, 0.25) is 0 Å². The number of benzene rings is 2. The van der Waals surface area contributed by atoms with Crippen LogP contribution in [0.15, 0.2) is 65.7 Å². The summed E-state index contributed by atoms with van der Waals surface area (Å²) in [5, 5.41) is 2.94. The molecule has 4 rings (SSSR count). The van der Waals surface area contributed by atoms with Gasteiger partial charge in [-0.05, 0) is 55.4 Å². The molecule has 1 aliphatic heterocycles. The maximum absolute atomic E-state index is 14.5. The summed E-state index contributed by atoms with van der Waals surface area (Å²) in [6.07, 6.45) is 0.271. The molecule has 2 aromatic carbocycles. The molecule has 1 aromatic heterocycles. The smallest absolute Gasteiger partial charge is 0.301 e. The topological polar surface area (TPSA) is 101 Å². The van der Waals surface area contributed by atoms with Gasteiger partial charge in [0.15, 0.2) is 0 Å². The average Bonchev–Trinajstić information content (AvgIpc) is 3.42. The lowest BCUT2D eigenvalue weighted by Crippen LogP contribution is -2.34. The summed E-state index contributed by atoms with van der Waals surface area (Å²) in [5.41, 5.74) is 0.884. The third-order valence-electron chi connectivity index (χ3n) is 5.44. The van der Waals surface area contributed by atoms with Gasteiger partial charge in [0, 0.05) is 31.4 Å². The molecule has 1 aliphatic rings. The van der Waals surface area contributed by atoms with Gasteiger partial charge in [-0.25, -0.2) is 21.2 Å². The molecule has 1 saturated heterocycles. The Morgan fingerprint density at radius 2 is 1.82 bits per heavy atom. The molecule has 0 saturated carbocycles. The molecular weight excluding hydrogens is 486 g/mol. The number of nitrogens with one attached hydrogen (secondary N) is 2. The van der Waals surface area contributed by atoms with Gasteiger partial charge in [0.05, 0.1) is 16.3 Å². The Morgan fingerprint density at radius 3 is 2.50 bits per heavy atom. The molecule has 2 heterocycles. The number of hydrogen-bond donors (Lipinski definition) is 2. The van der Waals surface area contributed by atoms with E-state index in [0.717, 1.165) is 8.28 Å². The number of anilines is 1. The number of hydrogen-bond acceptors (Lipinski definition) is 5. The Morgan fingerprint density at radius 1 is 1.06 bits per heavy atom. The molecule has 0 radical (unpaired) electrons. The van der Waals surface area contributed by atoms with Gasteiger partial charge in [-0.1, -0.05) is 18.2 Å². The number of aromatic nitrogens is 1. The molecule has 3 aromatic rings. The minimum Gasteiger partial charge on any atom is -0.316 e. The van der Waals surface area contributed by atoms with Crippen LogP contribution in [-0.4, -0.2) is 51.4 Å². The SMILES string of the molecule is CNCc1cc(-c2ccccc2F)n(S(=O)(=O)c2cccc(NS(=O)(=O)N3CC[C@H](F)C3)c2)c1. The summed E-state index contributed by atoms with van der Waals surface area (Å²) >= 11 is 0. The van der Waals surface area contributed by atoms with Gasteiger partial charge in [-0.15, -0.1) is 0 Å². The third-order valence-corrected chi connectivity index (χ3v) is 8.62. The van der Waals surface area contributed by atoms with E-state index in [1.54, 1.807) is 19.2 Å². The van der Waals surface area contributed by atoms with Crippen LogP contribution in [0.5, 0.6) is 0 Å². The monoisotopic (exact) mass is 510 g/mol. The molecule has 0 spiro atoms. The largest absolute Gasteiger partial charge is 0.316 e. The van der Waals surface area contributed by atoms with Crippen molar-refractivity contribution in [1.82, 2.24) is 13.6 Å². The van der Waals surface area contributed by atoms with Crippen molar-refractivity contribution in [2.24, 2.45) is 0 Å². The molecule has 0 aliphatic carbocycles. The zero-order valence-electron chi connectivity index (χ0n) is 18.3. The highest BCUT2D eigenvalue weighted by atomic mass is 32.2. The van der Waals surface area contributed by atoms with Crippen LogP contribution in [0.25, 0.3) is 11.3 Å². The van der Waals surface area contributed by atoms with Crippen LogP contribution < -0.4 is 10.0 Å². The minimum atomic E-state index is -4.22. The molecule has 2 N–H and O–H groups in total. The highest BCUT2D eigenvalue weighted by molar-refractivity contribution is 7.90. The van der Waals surface area contributed by atoms with Gasteiger partial charge in [-0.3, -0.25) is 4.72 Å². The summed E-state index contributed by atoms with van der Waals surface area (Å²) in [6, 6.07) is 12.7. The first kappa shape index (κ1) is 24.3. The van der Waals surface area contributed by atoms with Crippen LogP contribution in [0, 0.1) is 5.82 Å². The van der Waals surface area contributed by atoms with Crippen molar-refractivity contribution >= 4 is 25.9 Å². The summed E-state index contributed by atoms with van der Waals surface area (Å²) < 4.78 is 84.5. The lowest BCUT2D eigenvalue weighted by Gasteiger charge is -2.17. The zero-order valence-corrected chi connectivity index (χ0v) is 19.9. The van der Waals surface area contributed by atoms with E-state index in [9.17, 15) is 25.6 Å². The Balaban J connectivity index is 1.73. The van der Waals surface area contributed by atoms with Crippen molar-refractivity contribution < 1.29 is 25.6 Å². The Labute approximate surface area is 197 Å². The maximum Gasteiger partial charge on any atom is 0.301 e. The fraction of sp³-hybridized carbons (Fsp3) is 0.273. The minimum absolute atomic E-state index is 0.0124. The summed E-state index contributed by atoms with van der Waals surface area (Å²) in [5.74, 6) is -0.577. The van der Waals surface area contributed by atoms with Gasteiger partial charge >= 0.3 is 10.2 Å². The number of nitrogens with zero attached hydrogens (tertiary/aromatic N) is 2. The average molecular weight is 511 g/mol. The van der Waals surface area contributed by atoms with E-state index in [2.05, 4.69) is 10.0 Å². The van der Waals surface area contributed by atoms with Crippen LogP contribution >= 0.6 is 0 Å². The first-order chi connectivity index (χ1) is 16.1. The second kappa shape index (κ2) is 9.45. The number of alkyl halides is 1. The van der Waals surface area contributed by atoms with E-state index in [0.29, 0.717) is 12.1 Å². The van der Waals surface area contributed by atoms with E-state index in [1.807, 2.05) is 0 Å². The van der Waals surface area contributed by atoms with Crippen LogP contribution in [0.4, 0.5) is 14.5 Å². The predicted molar refractivity (Wildman–Crippen MR) is 125 cm³/mol. The van der Waals surface area contributed by atoms with Crippen LogP contribution in [0.1, 0.15) is 12.0 Å². The molecule has 12 heteroatoms. The van der Waals surface area contributed by atoms with Crippen molar-refractivity contribution in [1.29, 1.82) is 0 Å². The predicted octanol–water partition coefficient (Wildman–Crippen LogP) is 2.95. The molecule has 1 fully saturated rings. The normalized spacial score (nSPS) is 17.2. The van der Waals surface area contributed by atoms with Crippen molar-refractivity contribution in [3.8, 4) is 11.3 Å². The molecule has 0 unspecified atom stereocenters. The quantitative estimate of drug-likeness (QED) is 0.485. The van der Waals surface area contributed by atoms with E-state index < -0.39 is 32.2 Å². The van der Waals surface area contributed by atoms with Gasteiger partial charge in [-0.2, -0.15) is 12.7 Å². The van der Waals surface area contributed by atoms with Crippen molar-refractivity contribution in [2.75, 3.05) is 24.9 Å². The summed E-state index contributed by atoms with van der Waals surface area (Å²) in [7, 11) is -6.57. The standard InChI is InChI=1S/C22H24F2N4O4S2/c1-25-13-16-11-22(20-7-2-3-8-21(20)24)28(14-16)33(29,30)19-6-4-5-18(12-19)26-34(31,32)27-10-9-17(23)15-27/h2-8,11-12,14,17,25-26H,9-10,13,15H2,1H3/t17-/m0/s1. The summed E-state index contributed by atoms with van der Waals surface area (Å²) in [6.45, 7) is 0.143. The second-order valence-electron chi connectivity index (χ2n) is 7.92. The van der Waals surface area contributed by atoms with Gasteiger partial charge in [0.1, 0.15) is 12.0 Å². The molecule has 0 amide bonds. The molecule has 0 bridgehead atoms.